The molecule has 27 heavy (non-hydrogen) atoms. The van der Waals surface area contributed by atoms with E-state index >= 15 is 0 Å². The third-order valence-electron chi connectivity index (χ3n) is 3.67. The highest BCUT2D eigenvalue weighted by Gasteiger charge is 2.06. The van der Waals surface area contributed by atoms with Crippen molar-refractivity contribution in [3.8, 4) is 5.75 Å². The third kappa shape index (κ3) is 7.67. The van der Waals surface area contributed by atoms with Gasteiger partial charge in [-0.3, -0.25) is 4.99 Å². The number of hydrogen-bond acceptors (Lipinski definition) is 4. The molecule has 8 heteroatoms. The molecule has 0 fully saturated rings. The van der Waals surface area contributed by atoms with E-state index in [1.165, 1.54) is 12.1 Å². The van der Waals surface area contributed by atoms with E-state index < -0.39 is 10.0 Å². The molecule has 2 rings (SSSR count). The van der Waals surface area contributed by atoms with Gasteiger partial charge in [0.05, 0.1) is 11.4 Å². The van der Waals surface area contributed by atoms with Gasteiger partial charge in [-0.15, -0.1) is 0 Å². The maximum Gasteiger partial charge on any atom is 0.238 e. The second-order valence-corrected chi connectivity index (χ2v) is 7.35. The Morgan fingerprint density at radius 3 is 2.41 bits per heavy atom. The average Bonchev–Trinajstić information content (AvgIpc) is 2.66. The molecular formula is C19H26N4O3S. The summed E-state index contributed by atoms with van der Waals surface area (Å²) in [7, 11) is -3.65. The third-order valence-corrected chi connectivity index (χ3v) is 4.60. The molecule has 0 aromatic heterocycles. The minimum atomic E-state index is -3.65. The highest BCUT2D eigenvalue weighted by Crippen LogP contribution is 2.09. The lowest BCUT2D eigenvalue weighted by Crippen LogP contribution is -2.39. The Morgan fingerprint density at radius 2 is 1.78 bits per heavy atom. The van der Waals surface area contributed by atoms with Crippen molar-refractivity contribution in [1.29, 1.82) is 0 Å². The summed E-state index contributed by atoms with van der Waals surface area (Å²) < 4.78 is 28.2. The molecule has 0 unspecified atom stereocenters. The Hall–Kier alpha value is -2.58. The molecule has 0 aliphatic carbocycles. The van der Waals surface area contributed by atoms with Gasteiger partial charge in [0.25, 0.3) is 0 Å². The summed E-state index contributed by atoms with van der Waals surface area (Å²) in [5, 5.41) is 11.5. The first kappa shape index (κ1) is 20.7. The Bertz CT molecular complexity index is 822. The SMILES string of the molecule is CCNC(=NCCc1ccc(S(N)(=O)=O)cc1)NCCOc1ccccc1. The zero-order chi connectivity index (χ0) is 19.5. The lowest BCUT2D eigenvalue weighted by Gasteiger charge is -2.12. The second-order valence-electron chi connectivity index (χ2n) is 5.79. The highest BCUT2D eigenvalue weighted by atomic mass is 32.2. The molecule has 0 bridgehead atoms. The molecule has 0 spiro atoms. The van der Waals surface area contributed by atoms with Crippen molar-refractivity contribution in [3.63, 3.8) is 0 Å². The molecule has 2 aromatic carbocycles. The molecule has 0 radical (unpaired) electrons. The van der Waals surface area contributed by atoms with Gasteiger partial charge in [0.2, 0.25) is 10.0 Å². The van der Waals surface area contributed by atoms with Crippen LogP contribution in [0.25, 0.3) is 0 Å². The fraction of sp³-hybridized carbons (Fsp3) is 0.316. The van der Waals surface area contributed by atoms with Crippen LogP contribution in [0.5, 0.6) is 5.75 Å². The highest BCUT2D eigenvalue weighted by molar-refractivity contribution is 7.89. The second kappa shape index (κ2) is 10.5. The molecule has 0 heterocycles. The van der Waals surface area contributed by atoms with Crippen LogP contribution in [0, 0.1) is 0 Å². The first-order valence-corrected chi connectivity index (χ1v) is 10.4. The first-order chi connectivity index (χ1) is 13.0. The van der Waals surface area contributed by atoms with Crippen LogP contribution < -0.4 is 20.5 Å². The van der Waals surface area contributed by atoms with Gasteiger partial charge in [-0.1, -0.05) is 30.3 Å². The van der Waals surface area contributed by atoms with Crippen LogP contribution in [0.4, 0.5) is 0 Å². The van der Waals surface area contributed by atoms with Gasteiger partial charge in [-0.25, -0.2) is 13.6 Å². The van der Waals surface area contributed by atoms with Gasteiger partial charge in [0.15, 0.2) is 5.96 Å². The largest absolute Gasteiger partial charge is 0.492 e. The van der Waals surface area contributed by atoms with E-state index in [0.717, 1.165) is 23.8 Å². The van der Waals surface area contributed by atoms with Crippen LogP contribution in [-0.4, -0.2) is 40.6 Å². The van der Waals surface area contributed by atoms with Gasteiger partial charge in [0.1, 0.15) is 12.4 Å². The minimum Gasteiger partial charge on any atom is -0.492 e. The van der Waals surface area contributed by atoms with Crippen molar-refractivity contribution in [2.24, 2.45) is 10.1 Å². The number of guanidine groups is 1. The number of primary sulfonamides is 1. The maximum absolute atomic E-state index is 11.3. The van der Waals surface area contributed by atoms with E-state index in [1.807, 2.05) is 37.3 Å². The molecule has 0 aliphatic heterocycles. The number of aliphatic imine (C=N–C) groups is 1. The zero-order valence-corrected chi connectivity index (χ0v) is 16.2. The lowest BCUT2D eigenvalue weighted by molar-refractivity contribution is 0.322. The van der Waals surface area contributed by atoms with Gasteiger partial charge in [-0.2, -0.15) is 0 Å². The van der Waals surface area contributed by atoms with E-state index in [1.54, 1.807) is 12.1 Å². The summed E-state index contributed by atoms with van der Waals surface area (Å²) in [5.41, 5.74) is 0.995. The Labute approximate surface area is 160 Å². The van der Waals surface area contributed by atoms with Crippen molar-refractivity contribution in [1.82, 2.24) is 10.6 Å². The monoisotopic (exact) mass is 390 g/mol. The minimum absolute atomic E-state index is 0.114. The predicted octanol–water partition coefficient (Wildman–Crippen LogP) is 1.51. The average molecular weight is 391 g/mol. The zero-order valence-electron chi connectivity index (χ0n) is 15.4. The number of para-hydroxylation sites is 1. The Morgan fingerprint density at radius 1 is 1.07 bits per heavy atom. The fourth-order valence-corrected chi connectivity index (χ4v) is 2.85. The molecule has 0 atom stereocenters. The topological polar surface area (TPSA) is 106 Å². The number of rotatable bonds is 9. The van der Waals surface area contributed by atoms with E-state index in [2.05, 4.69) is 15.6 Å². The number of hydrogen-bond donors (Lipinski definition) is 3. The number of nitrogens with zero attached hydrogens (tertiary/aromatic N) is 1. The number of ether oxygens (including phenoxy) is 1. The summed E-state index contributed by atoms with van der Waals surface area (Å²) in [6, 6.07) is 16.2. The summed E-state index contributed by atoms with van der Waals surface area (Å²) >= 11 is 0. The number of benzene rings is 2. The van der Waals surface area contributed by atoms with Crippen LogP contribution in [0.15, 0.2) is 64.5 Å². The van der Waals surface area contributed by atoms with Crippen molar-refractivity contribution in [2.75, 3.05) is 26.2 Å². The smallest absolute Gasteiger partial charge is 0.238 e. The van der Waals surface area contributed by atoms with E-state index in [0.29, 0.717) is 26.1 Å². The van der Waals surface area contributed by atoms with Crippen molar-refractivity contribution >= 4 is 16.0 Å². The first-order valence-electron chi connectivity index (χ1n) is 8.81. The molecular weight excluding hydrogens is 364 g/mol. The summed E-state index contributed by atoms with van der Waals surface area (Å²) in [4.78, 5) is 4.63. The van der Waals surface area contributed by atoms with Crippen molar-refractivity contribution in [2.45, 2.75) is 18.2 Å². The normalized spacial score (nSPS) is 11.9. The standard InChI is InChI=1S/C19H26N4O3S/c1-2-21-19(23-14-15-26-17-6-4-3-5-7-17)22-13-12-16-8-10-18(11-9-16)27(20,24)25/h3-11H,2,12-15H2,1H3,(H2,20,24,25)(H2,21,22,23). The predicted molar refractivity (Wildman–Crippen MR) is 107 cm³/mol. The van der Waals surface area contributed by atoms with E-state index in [9.17, 15) is 8.42 Å². The van der Waals surface area contributed by atoms with Gasteiger partial charge >= 0.3 is 0 Å². The quantitative estimate of drug-likeness (QED) is 0.342. The Kier molecular flexibility index (Phi) is 8.09. The van der Waals surface area contributed by atoms with E-state index in [-0.39, 0.29) is 4.90 Å². The van der Waals surface area contributed by atoms with Gasteiger partial charge in [-0.05, 0) is 43.2 Å². The van der Waals surface area contributed by atoms with Gasteiger partial charge < -0.3 is 15.4 Å². The molecule has 146 valence electrons. The molecule has 2 aromatic rings. The molecule has 0 saturated carbocycles. The maximum atomic E-state index is 11.3. The molecule has 0 amide bonds. The number of sulfonamides is 1. The van der Waals surface area contributed by atoms with E-state index in [4.69, 9.17) is 9.88 Å². The molecule has 0 aliphatic rings. The molecule has 0 saturated heterocycles. The summed E-state index contributed by atoms with van der Waals surface area (Å²) in [5.74, 6) is 1.56. The van der Waals surface area contributed by atoms with Crippen LogP contribution in [0.3, 0.4) is 0 Å². The van der Waals surface area contributed by atoms with Crippen LogP contribution in [-0.2, 0) is 16.4 Å². The number of nitrogens with one attached hydrogen (secondary N) is 2. The van der Waals surface area contributed by atoms with Crippen molar-refractivity contribution < 1.29 is 13.2 Å². The van der Waals surface area contributed by atoms with Gasteiger partial charge in [0, 0.05) is 13.1 Å². The van der Waals surface area contributed by atoms with Crippen LogP contribution in [0.2, 0.25) is 0 Å². The molecule has 4 N–H and O–H groups in total. The molecule has 7 nitrogen and oxygen atoms in total. The van der Waals surface area contributed by atoms with Crippen molar-refractivity contribution in [3.05, 3.63) is 60.2 Å². The number of nitrogens with two attached hydrogens (primary N) is 1. The summed E-state index contributed by atoms with van der Waals surface area (Å²) in [6.45, 7) is 4.49. The Balaban J connectivity index is 1.78. The lowest BCUT2D eigenvalue weighted by atomic mass is 10.1. The summed E-state index contributed by atoms with van der Waals surface area (Å²) in [6.07, 6.45) is 0.696. The van der Waals surface area contributed by atoms with Crippen LogP contribution in [0.1, 0.15) is 12.5 Å². The fourth-order valence-electron chi connectivity index (χ4n) is 2.34. The van der Waals surface area contributed by atoms with Crippen LogP contribution >= 0.6 is 0 Å².